The number of hydrogen-bond acceptors (Lipinski definition) is 10. The van der Waals surface area contributed by atoms with Gasteiger partial charge in [0, 0.05) is 23.4 Å². The predicted molar refractivity (Wildman–Crippen MR) is 131 cm³/mol. The zero-order valence-corrected chi connectivity index (χ0v) is 21.1. The first kappa shape index (κ1) is 24.6. The lowest BCUT2D eigenvalue weighted by Crippen LogP contribution is -2.56. The Labute approximate surface area is 203 Å². The number of benzene rings is 2. The van der Waals surface area contributed by atoms with Gasteiger partial charge in [-0.15, -0.1) is 0 Å². The lowest BCUT2D eigenvalue weighted by atomic mass is 10.1. The third-order valence-electron chi connectivity index (χ3n) is 5.87. The van der Waals surface area contributed by atoms with Gasteiger partial charge >= 0.3 is 4.33 Å². The van der Waals surface area contributed by atoms with Gasteiger partial charge in [-0.3, -0.25) is 4.98 Å². The van der Waals surface area contributed by atoms with Crippen molar-refractivity contribution in [2.75, 3.05) is 24.9 Å². The fourth-order valence-electron chi connectivity index (χ4n) is 4.00. The first-order chi connectivity index (χ1) is 16.5. The quantitative estimate of drug-likeness (QED) is 0.426. The second-order valence-electron chi connectivity index (χ2n) is 8.08. The Morgan fingerprint density at radius 2 is 1.60 bits per heavy atom. The van der Waals surface area contributed by atoms with Gasteiger partial charge in [0.25, 0.3) is 0 Å². The van der Waals surface area contributed by atoms with Gasteiger partial charge in [-0.05, 0) is 50.2 Å². The van der Waals surface area contributed by atoms with Gasteiger partial charge in [-0.2, -0.15) is 0 Å². The Morgan fingerprint density at radius 1 is 0.943 bits per heavy atom. The molecule has 1 aliphatic rings. The Kier molecular flexibility index (Phi) is 6.05. The summed E-state index contributed by atoms with van der Waals surface area (Å²) in [5.74, 6) is 0.0284. The highest BCUT2D eigenvalue weighted by Gasteiger charge is 2.59. The van der Waals surface area contributed by atoms with E-state index in [-0.39, 0.29) is 27.7 Å². The maximum atomic E-state index is 14.0. The summed E-state index contributed by atoms with van der Waals surface area (Å²) >= 11 is 0. The van der Waals surface area contributed by atoms with Gasteiger partial charge in [-0.1, -0.05) is 0 Å². The summed E-state index contributed by atoms with van der Waals surface area (Å²) in [5, 5.41) is 15.0. The standard InChI is InChI=1S/C23H25N3O7S2/c1-14-12-24-21(15(2)22(14)33-4)13-34(28,29)23(35(30,31)18-8-5-16(27)6-9-18)25-19-10-7-17(32-3)11-20(19)26-23/h5-12,25-27H,13H2,1-4H3. The molecule has 10 nitrogen and oxygen atoms in total. The number of rotatable bonds is 7. The molecule has 1 unspecified atom stereocenters. The molecule has 0 fully saturated rings. The lowest BCUT2D eigenvalue weighted by molar-refractivity contribution is 0.407. The van der Waals surface area contributed by atoms with Crippen molar-refractivity contribution in [1.82, 2.24) is 4.98 Å². The number of nitrogens with one attached hydrogen (secondary N) is 2. The number of methoxy groups -OCH3 is 2. The molecule has 1 atom stereocenters. The summed E-state index contributed by atoms with van der Waals surface area (Å²) in [4.78, 5) is 3.95. The van der Waals surface area contributed by atoms with Crippen molar-refractivity contribution < 1.29 is 31.4 Å². The van der Waals surface area contributed by atoms with Gasteiger partial charge in [0.2, 0.25) is 19.7 Å². The van der Waals surface area contributed by atoms with Gasteiger partial charge in [-0.25, -0.2) is 16.8 Å². The molecule has 0 aliphatic carbocycles. The molecule has 186 valence electrons. The monoisotopic (exact) mass is 519 g/mol. The second kappa shape index (κ2) is 8.61. The van der Waals surface area contributed by atoms with Gasteiger partial charge in [0.15, 0.2) is 0 Å². The van der Waals surface area contributed by atoms with Crippen LogP contribution in [0, 0.1) is 13.8 Å². The van der Waals surface area contributed by atoms with Crippen molar-refractivity contribution >= 4 is 31.0 Å². The highest BCUT2D eigenvalue weighted by Crippen LogP contribution is 2.45. The van der Waals surface area contributed by atoms with Crippen LogP contribution in [0.3, 0.4) is 0 Å². The van der Waals surface area contributed by atoms with Crippen molar-refractivity contribution in [2.45, 2.75) is 28.8 Å². The average Bonchev–Trinajstić information content (AvgIpc) is 3.23. The number of sulfone groups is 2. The number of phenols is 1. The Hall–Kier alpha value is -3.51. The first-order valence-corrected chi connectivity index (χ1v) is 13.6. The molecule has 3 aromatic rings. The Bertz CT molecular complexity index is 1500. The molecule has 0 bridgehead atoms. The molecule has 0 spiro atoms. The van der Waals surface area contributed by atoms with Gasteiger partial charge < -0.3 is 25.2 Å². The van der Waals surface area contributed by atoms with E-state index in [2.05, 4.69) is 15.6 Å². The van der Waals surface area contributed by atoms with Crippen LogP contribution in [0.4, 0.5) is 11.4 Å². The number of pyridine rings is 1. The van der Waals surface area contributed by atoms with Gasteiger partial charge in [0.1, 0.15) is 17.2 Å². The summed E-state index contributed by atoms with van der Waals surface area (Å²) in [6.07, 6.45) is 1.48. The largest absolute Gasteiger partial charge is 0.508 e. The number of nitrogens with zero attached hydrogens (tertiary/aromatic N) is 1. The summed E-state index contributed by atoms with van der Waals surface area (Å²) in [5.41, 5.74) is 1.87. The van der Waals surface area contributed by atoms with E-state index in [9.17, 15) is 21.9 Å². The van der Waals surface area contributed by atoms with Crippen LogP contribution in [0.1, 0.15) is 16.8 Å². The van der Waals surface area contributed by atoms with Crippen LogP contribution in [0.5, 0.6) is 17.2 Å². The van der Waals surface area contributed by atoms with Crippen LogP contribution in [0.2, 0.25) is 0 Å². The van der Waals surface area contributed by atoms with Crippen LogP contribution >= 0.6 is 0 Å². The molecule has 4 rings (SSSR count). The smallest absolute Gasteiger partial charge is 0.321 e. The molecule has 2 heterocycles. The molecule has 35 heavy (non-hydrogen) atoms. The minimum atomic E-state index is -4.64. The number of phenolic OH excluding ortho intramolecular Hbond substituents is 1. The third kappa shape index (κ3) is 3.92. The number of ether oxygens (including phenoxy) is 2. The number of aromatic hydroxyl groups is 1. The van der Waals surface area contributed by atoms with Crippen LogP contribution in [-0.2, 0) is 25.4 Å². The minimum Gasteiger partial charge on any atom is -0.508 e. The van der Waals surface area contributed by atoms with E-state index in [1.165, 1.54) is 44.7 Å². The van der Waals surface area contributed by atoms with E-state index in [1.54, 1.807) is 19.9 Å². The van der Waals surface area contributed by atoms with E-state index < -0.39 is 29.8 Å². The number of fused-ring (bicyclic) bond motifs is 1. The van der Waals surface area contributed by atoms with Crippen LogP contribution < -0.4 is 20.1 Å². The minimum absolute atomic E-state index is 0.157. The van der Waals surface area contributed by atoms with E-state index in [1.807, 2.05) is 0 Å². The third-order valence-corrected chi connectivity index (χ3v) is 10.9. The van der Waals surface area contributed by atoms with Crippen molar-refractivity contribution in [3.05, 3.63) is 65.5 Å². The van der Waals surface area contributed by atoms with E-state index in [0.717, 1.165) is 12.1 Å². The molecule has 1 aliphatic heterocycles. The van der Waals surface area contributed by atoms with Crippen molar-refractivity contribution in [2.24, 2.45) is 0 Å². The Balaban J connectivity index is 1.90. The summed E-state index contributed by atoms with van der Waals surface area (Å²) in [7, 11) is -6.30. The summed E-state index contributed by atoms with van der Waals surface area (Å²) < 4.78 is 63.8. The SMILES string of the molecule is COc1ccc2c(c1)NC(S(=O)(=O)Cc1ncc(C)c(OC)c1C)(S(=O)(=O)c1ccc(O)cc1)N2. The molecule has 3 N–H and O–H groups in total. The van der Waals surface area contributed by atoms with Crippen molar-refractivity contribution in [1.29, 1.82) is 0 Å². The zero-order valence-electron chi connectivity index (χ0n) is 19.5. The normalized spacial score (nSPS) is 17.3. The van der Waals surface area contributed by atoms with Crippen LogP contribution in [-0.4, -0.2) is 45.5 Å². The first-order valence-electron chi connectivity index (χ1n) is 10.4. The van der Waals surface area contributed by atoms with E-state index in [0.29, 0.717) is 22.6 Å². The van der Waals surface area contributed by atoms with Crippen molar-refractivity contribution in [3.63, 3.8) is 0 Å². The topological polar surface area (TPSA) is 144 Å². The molecule has 0 saturated carbocycles. The second-order valence-corrected chi connectivity index (χ2v) is 12.6. The summed E-state index contributed by atoms with van der Waals surface area (Å²) in [6.45, 7) is 3.44. The molecule has 1 aromatic heterocycles. The fourth-order valence-corrected chi connectivity index (χ4v) is 8.50. The van der Waals surface area contributed by atoms with Crippen molar-refractivity contribution in [3.8, 4) is 17.2 Å². The van der Waals surface area contributed by atoms with E-state index >= 15 is 0 Å². The molecule has 12 heteroatoms. The number of aromatic nitrogens is 1. The number of aryl methyl sites for hydroxylation is 1. The number of hydrogen-bond donors (Lipinski definition) is 3. The fraction of sp³-hybridized carbons (Fsp3) is 0.261. The molecule has 2 aromatic carbocycles. The number of anilines is 2. The van der Waals surface area contributed by atoms with E-state index in [4.69, 9.17) is 9.47 Å². The highest BCUT2D eigenvalue weighted by molar-refractivity contribution is 8.10. The Morgan fingerprint density at radius 3 is 2.23 bits per heavy atom. The predicted octanol–water partition coefficient (Wildman–Crippen LogP) is 2.96. The average molecular weight is 520 g/mol. The molecular weight excluding hydrogens is 494 g/mol. The zero-order chi connectivity index (χ0) is 25.6. The van der Waals surface area contributed by atoms with Crippen LogP contribution in [0.15, 0.2) is 53.6 Å². The molecular formula is C23H25N3O7S2. The molecule has 0 amide bonds. The lowest BCUT2D eigenvalue weighted by Gasteiger charge is -2.30. The molecule has 0 saturated heterocycles. The highest BCUT2D eigenvalue weighted by atomic mass is 32.3. The van der Waals surface area contributed by atoms with Gasteiger partial charge in [0.05, 0.1) is 41.9 Å². The molecule has 0 radical (unpaired) electrons. The maximum absolute atomic E-state index is 14.0. The summed E-state index contributed by atoms with van der Waals surface area (Å²) in [6, 6.07) is 9.26. The van der Waals surface area contributed by atoms with Crippen LogP contribution in [0.25, 0.3) is 0 Å². The maximum Gasteiger partial charge on any atom is 0.321 e.